The molecule has 0 saturated carbocycles. The zero-order valence-electron chi connectivity index (χ0n) is 18.0. The molecule has 1 atom stereocenters. The van der Waals surface area contributed by atoms with Gasteiger partial charge >= 0.3 is 6.09 Å². The number of hydrogen-bond acceptors (Lipinski definition) is 4. The van der Waals surface area contributed by atoms with Crippen molar-refractivity contribution < 1.29 is 23.1 Å². The van der Waals surface area contributed by atoms with E-state index in [-0.39, 0.29) is 29.3 Å². The predicted molar refractivity (Wildman–Crippen MR) is 120 cm³/mol. The molecule has 1 heterocycles. The molecule has 0 aromatic heterocycles. The van der Waals surface area contributed by atoms with Gasteiger partial charge in [-0.2, -0.15) is 0 Å². The fourth-order valence-electron chi connectivity index (χ4n) is 3.76. The van der Waals surface area contributed by atoms with E-state index >= 15 is 0 Å². The molecule has 1 aliphatic rings. The van der Waals surface area contributed by atoms with Crippen molar-refractivity contribution in [2.75, 3.05) is 23.4 Å². The Morgan fingerprint density at radius 2 is 1.71 bits per heavy atom. The Morgan fingerprint density at radius 3 is 2.26 bits per heavy atom. The number of sulfonamides is 1. The third-order valence-electron chi connectivity index (χ3n) is 5.26. The van der Waals surface area contributed by atoms with Gasteiger partial charge in [-0.3, -0.25) is 9.69 Å². The van der Waals surface area contributed by atoms with Crippen LogP contribution < -0.4 is 14.5 Å². The van der Waals surface area contributed by atoms with Crippen molar-refractivity contribution in [2.45, 2.75) is 38.1 Å². The van der Waals surface area contributed by atoms with E-state index in [9.17, 15) is 23.1 Å². The quantitative estimate of drug-likeness (QED) is 0.732. The lowest BCUT2D eigenvalue weighted by atomic mass is 10.00. The third kappa shape index (κ3) is 4.57. The molecule has 8 nitrogen and oxygen atoms in total. The summed E-state index contributed by atoms with van der Waals surface area (Å²) in [4.78, 5) is 27.8. The summed E-state index contributed by atoms with van der Waals surface area (Å²) in [5.74, 6) is 0.149. The zero-order valence-corrected chi connectivity index (χ0v) is 18.8. The Hall–Kier alpha value is -2.91. The number of anilines is 2. The number of fused-ring (bicyclic) bond motifs is 1. The third-order valence-corrected chi connectivity index (χ3v) is 6.69. The number of nitrogens with zero attached hydrogens (tertiary/aromatic N) is 2. The summed E-state index contributed by atoms with van der Waals surface area (Å²) in [5, 5.41) is 9.74. The monoisotopic (exact) mass is 445 g/mol. The molecule has 2 aromatic rings. The minimum atomic E-state index is -3.54. The second-order valence-electron chi connectivity index (χ2n) is 8.04. The maximum absolute atomic E-state index is 12.9. The Morgan fingerprint density at radius 1 is 1.10 bits per heavy atom. The van der Waals surface area contributed by atoms with Crippen molar-refractivity contribution in [1.29, 1.82) is 0 Å². The summed E-state index contributed by atoms with van der Waals surface area (Å²) in [5.41, 5.74) is 2.46. The normalized spacial score (nSPS) is 16.4. The summed E-state index contributed by atoms with van der Waals surface area (Å²) in [6.45, 7) is 5.96. The van der Waals surface area contributed by atoms with Crippen molar-refractivity contribution >= 4 is 33.4 Å². The lowest BCUT2D eigenvalue weighted by Crippen LogP contribution is -2.51. The molecule has 166 valence electrons. The molecule has 31 heavy (non-hydrogen) atoms. The first-order chi connectivity index (χ1) is 14.5. The van der Waals surface area contributed by atoms with Crippen LogP contribution in [-0.2, 0) is 14.8 Å². The van der Waals surface area contributed by atoms with E-state index in [0.29, 0.717) is 17.8 Å². The molecule has 2 aromatic carbocycles. The molecule has 0 radical (unpaired) electrons. The van der Waals surface area contributed by atoms with Crippen LogP contribution >= 0.6 is 0 Å². The van der Waals surface area contributed by atoms with Crippen LogP contribution in [0.25, 0.3) is 11.1 Å². The van der Waals surface area contributed by atoms with Gasteiger partial charge in [0.1, 0.15) is 0 Å². The number of carboxylic acid groups (broad SMARTS) is 1. The van der Waals surface area contributed by atoms with Crippen molar-refractivity contribution in [3.8, 4) is 11.1 Å². The van der Waals surface area contributed by atoms with Gasteiger partial charge in [0.25, 0.3) is 0 Å². The number of carbonyl (C=O) groups is 2. The van der Waals surface area contributed by atoms with Gasteiger partial charge in [0.15, 0.2) is 0 Å². The summed E-state index contributed by atoms with van der Waals surface area (Å²) in [6, 6.07) is 11.3. The standard InChI is InChI=1S/C22H27N3O5S/c1-14(2)11-21(26)25-15(3)13-24(22(27)28)20-12-17(7-10-19(20)25)16-5-8-18(9-6-16)31(29,30)23-4/h5-10,12,14-15,23H,11,13H2,1-4H3,(H,27,28)/t15-/m0/s1. The van der Waals surface area contributed by atoms with Crippen LogP contribution in [0.3, 0.4) is 0 Å². The van der Waals surface area contributed by atoms with Gasteiger partial charge < -0.3 is 10.0 Å². The molecule has 0 saturated heterocycles. The van der Waals surface area contributed by atoms with Crippen LogP contribution in [0.4, 0.5) is 16.2 Å². The Kier molecular flexibility index (Phi) is 6.38. The molecular weight excluding hydrogens is 418 g/mol. The number of hydrogen-bond donors (Lipinski definition) is 2. The van der Waals surface area contributed by atoms with Crippen molar-refractivity contribution in [2.24, 2.45) is 5.92 Å². The number of benzene rings is 2. The number of nitrogens with one attached hydrogen (secondary N) is 1. The second-order valence-corrected chi connectivity index (χ2v) is 9.93. The van der Waals surface area contributed by atoms with Gasteiger partial charge in [-0.25, -0.2) is 17.9 Å². The van der Waals surface area contributed by atoms with Crippen LogP contribution in [-0.4, -0.2) is 45.2 Å². The Bertz CT molecular complexity index is 1100. The van der Waals surface area contributed by atoms with Crippen LogP contribution in [0.5, 0.6) is 0 Å². The summed E-state index contributed by atoms with van der Waals surface area (Å²) in [6.07, 6.45) is -0.711. The average molecular weight is 446 g/mol. The molecule has 0 unspecified atom stereocenters. The largest absolute Gasteiger partial charge is 0.465 e. The fourth-order valence-corrected chi connectivity index (χ4v) is 4.49. The molecule has 0 aliphatic carbocycles. The molecule has 0 fully saturated rings. The van der Waals surface area contributed by atoms with E-state index in [4.69, 9.17) is 0 Å². The highest BCUT2D eigenvalue weighted by Crippen LogP contribution is 2.39. The topological polar surface area (TPSA) is 107 Å². The van der Waals surface area contributed by atoms with Crippen LogP contribution in [0, 0.1) is 5.92 Å². The lowest BCUT2D eigenvalue weighted by molar-refractivity contribution is -0.119. The zero-order chi connectivity index (χ0) is 22.9. The van der Waals surface area contributed by atoms with E-state index in [1.54, 1.807) is 29.2 Å². The molecule has 9 heteroatoms. The van der Waals surface area contributed by atoms with Gasteiger partial charge in [-0.05, 0) is 55.3 Å². The number of carbonyl (C=O) groups excluding carboxylic acids is 1. The van der Waals surface area contributed by atoms with Crippen LogP contribution in [0.2, 0.25) is 0 Å². The van der Waals surface area contributed by atoms with Gasteiger partial charge in [0.05, 0.1) is 22.3 Å². The number of amides is 2. The molecule has 0 bridgehead atoms. The first-order valence-corrected chi connectivity index (χ1v) is 11.5. The molecule has 3 rings (SSSR count). The SMILES string of the molecule is CNS(=O)(=O)c1ccc(-c2ccc3c(c2)N(C(=O)O)C[C@H](C)N3C(=O)CC(C)C)cc1. The van der Waals surface area contributed by atoms with Gasteiger partial charge in [-0.1, -0.05) is 32.0 Å². The van der Waals surface area contributed by atoms with E-state index < -0.39 is 16.1 Å². The minimum Gasteiger partial charge on any atom is -0.465 e. The average Bonchev–Trinajstić information content (AvgIpc) is 2.72. The fraction of sp³-hybridized carbons (Fsp3) is 0.364. The van der Waals surface area contributed by atoms with E-state index in [2.05, 4.69) is 4.72 Å². The van der Waals surface area contributed by atoms with Crippen LogP contribution in [0.1, 0.15) is 27.2 Å². The van der Waals surface area contributed by atoms with E-state index in [1.165, 1.54) is 24.1 Å². The van der Waals surface area contributed by atoms with E-state index in [1.807, 2.05) is 26.8 Å². The summed E-state index contributed by atoms with van der Waals surface area (Å²) < 4.78 is 26.2. The minimum absolute atomic E-state index is 0.0387. The molecule has 0 spiro atoms. The number of rotatable bonds is 5. The first kappa shape index (κ1) is 22.8. The summed E-state index contributed by atoms with van der Waals surface area (Å²) in [7, 11) is -2.20. The maximum atomic E-state index is 12.9. The van der Waals surface area contributed by atoms with Gasteiger partial charge in [0, 0.05) is 13.0 Å². The smallest absolute Gasteiger partial charge is 0.411 e. The molecular formula is C22H27N3O5S. The van der Waals surface area contributed by atoms with Crippen molar-refractivity contribution in [3.05, 3.63) is 42.5 Å². The van der Waals surface area contributed by atoms with Crippen LogP contribution in [0.15, 0.2) is 47.4 Å². The molecule has 1 aliphatic heterocycles. The highest BCUT2D eigenvalue weighted by Gasteiger charge is 2.35. The predicted octanol–water partition coefficient (Wildman–Crippen LogP) is 3.53. The van der Waals surface area contributed by atoms with Gasteiger partial charge in [0.2, 0.25) is 15.9 Å². The highest BCUT2D eigenvalue weighted by atomic mass is 32.2. The summed E-state index contributed by atoms with van der Waals surface area (Å²) >= 11 is 0. The maximum Gasteiger partial charge on any atom is 0.411 e. The highest BCUT2D eigenvalue weighted by molar-refractivity contribution is 7.89. The molecule has 2 amide bonds. The Balaban J connectivity index is 2.05. The van der Waals surface area contributed by atoms with E-state index in [0.717, 1.165) is 11.1 Å². The van der Waals surface area contributed by atoms with Crippen molar-refractivity contribution in [1.82, 2.24) is 4.72 Å². The van der Waals surface area contributed by atoms with Gasteiger partial charge in [-0.15, -0.1) is 0 Å². The van der Waals surface area contributed by atoms with Crippen molar-refractivity contribution in [3.63, 3.8) is 0 Å². The Labute approximate surface area is 182 Å². The lowest BCUT2D eigenvalue weighted by Gasteiger charge is -2.40. The first-order valence-electron chi connectivity index (χ1n) is 10.1. The molecule has 2 N–H and O–H groups in total. The second kappa shape index (κ2) is 8.68.